The summed E-state index contributed by atoms with van der Waals surface area (Å²) in [5, 5.41) is 0. The summed E-state index contributed by atoms with van der Waals surface area (Å²) in [5.74, 6) is -1.41. The molecule has 1 aromatic rings. The Kier molecular flexibility index (Phi) is 3.16. The van der Waals surface area contributed by atoms with E-state index in [1.54, 1.807) is 6.92 Å². The Labute approximate surface area is 78.9 Å². The molecule has 0 fully saturated rings. The van der Waals surface area contributed by atoms with Crippen LogP contribution in [-0.2, 0) is 4.74 Å². The van der Waals surface area contributed by atoms with Crippen molar-refractivity contribution in [1.29, 1.82) is 0 Å². The van der Waals surface area contributed by atoms with Crippen LogP contribution in [0.15, 0.2) is 4.42 Å². The Bertz CT molecular complexity index is 335. The molecule has 0 atom stereocenters. The number of aryl methyl sites for hydroxylation is 1. The first kappa shape index (κ1) is 10.6. The van der Waals surface area contributed by atoms with E-state index < -0.39 is 23.8 Å². The average Bonchev–Trinajstić information content (AvgIpc) is 2.48. The van der Waals surface area contributed by atoms with Crippen LogP contribution in [0.1, 0.15) is 35.5 Å². The largest absolute Gasteiger partial charge is 0.460 e. The van der Waals surface area contributed by atoms with Gasteiger partial charge in [0.25, 0.3) is 6.43 Å². The van der Waals surface area contributed by atoms with Crippen molar-refractivity contribution < 1.29 is 22.7 Å². The van der Waals surface area contributed by atoms with Gasteiger partial charge in [0, 0.05) is 6.92 Å². The highest BCUT2D eigenvalue weighted by molar-refractivity contribution is 5.87. The minimum atomic E-state index is -2.84. The number of carbonyl (C=O) groups is 1. The van der Waals surface area contributed by atoms with E-state index >= 15 is 0 Å². The van der Waals surface area contributed by atoms with Crippen LogP contribution in [0.25, 0.3) is 0 Å². The quantitative estimate of drug-likeness (QED) is 0.709. The van der Waals surface area contributed by atoms with E-state index in [9.17, 15) is 13.6 Å². The van der Waals surface area contributed by atoms with Gasteiger partial charge >= 0.3 is 5.97 Å². The lowest BCUT2D eigenvalue weighted by Gasteiger charge is -1.99. The van der Waals surface area contributed by atoms with Gasteiger partial charge in [-0.3, -0.25) is 0 Å². The minimum absolute atomic E-state index is 0.0170. The lowest BCUT2D eigenvalue weighted by Crippen LogP contribution is -2.06. The van der Waals surface area contributed by atoms with Gasteiger partial charge in [-0.15, -0.1) is 0 Å². The van der Waals surface area contributed by atoms with E-state index in [1.165, 1.54) is 6.92 Å². The Morgan fingerprint density at radius 1 is 1.64 bits per heavy atom. The van der Waals surface area contributed by atoms with Crippen molar-refractivity contribution in [2.45, 2.75) is 20.3 Å². The highest BCUT2D eigenvalue weighted by Crippen LogP contribution is 2.23. The monoisotopic (exact) mass is 205 g/mol. The van der Waals surface area contributed by atoms with Gasteiger partial charge in [-0.25, -0.2) is 18.6 Å². The van der Waals surface area contributed by atoms with Gasteiger partial charge in [-0.2, -0.15) is 0 Å². The molecule has 14 heavy (non-hydrogen) atoms. The highest BCUT2D eigenvalue weighted by atomic mass is 19.3. The molecule has 1 aromatic heterocycles. The molecule has 0 saturated carbocycles. The van der Waals surface area contributed by atoms with Crippen LogP contribution < -0.4 is 0 Å². The molecule has 0 aliphatic rings. The van der Waals surface area contributed by atoms with E-state index in [0.717, 1.165) is 0 Å². The lowest BCUT2D eigenvalue weighted by molar-refractivity contribution is 0.0474. The summed E-state index contributed by atoms with van der Waals surface area (Å²) in [6.07, 6.45) is -2.84. The Balaban J connectivity index is 3.00. The van der Waals surface area contributed by atoms with Crippen molar-refractivity contribution in [1.82, 2.24) is 4.98 Å². The molecule has 0 aliphatic carbocycles. The molecule has 4 nitrogen and oxygen atoms in total. The van der Waals surface area contributed by atoms with Crippen molar-refractivity contribution in [3.8, 4) is 0 Å². The summed E-state index contributed by atoms with van der Waals surface area (Å²) in [6, 6.07) is 0. The van der Waals surface area contributed by atoms with Crippen molar-refractivity contribution in [2.24, 2.45) is 0 Å². The maximum absolute atomic E-state index is 12.3. The van der Waals surface area contributed by atoms with Crippen molar-refractivity contribution in [2.75, 3.05) is 6.61 Å². The van der Waals surface area contributed by atoms with Crippen molar-refractivity contribution in [3.05, 3.63) is 17.3 Å². The second-order valence-electron chi connectivity index (χ2n) is 2.47. The topological polar surface area (TPSA) is 52.3 Å². The van der Waals surface area contributed by atoms with E-state index in [4.69, 9.17) is 4.42 Å². The number of ether oxygens (including phenoxy) is 1. The van der Waals surface area contributed by atoms with Crippen LogP contribution in [0.2, 0.25) is 0 Å². The number of hydrogen-bond donors (Lipinski definition) is 0. The number of nitrogens with zero attached hydrogens (tertiary/aromatic N) is 1. The minimum Gasteiger partial charge on any atom is -0.460 e. The summed E-state index contributed by atoms with van der Waals surface area (Å²) in [4.78, 5) is 14.5. The smallest absolute Gasteiger partial charge is 0.376 e. The zero-order valence-corrected chi connectivity index (χ0v) is 7.71. The highest BCUT2D eigenvalue weighted by Gasteiger charge is 2.26. The molecule has 78 valence electrons. The number of alkyl halides is 2. The number of carbonyl (C=O) groups excluding carboxylic acids is 1. The van der Waals surface area contributed by atoms with Gasteiger partial charge < -0.3 is 9.15 Å². The maximum Gasteiger partial charge on any atom is 0.376 e. The first-order valence-corrected chi connectivity index (χ1v) is 3.98. The number of hydrogen-bond acceptors (Lipinski definition) is 4. The Morgan fingerprint density at radius 3 is 2.79 bits per heavy atom. The van der Waals surface area contributed by atoms with Gasteiger partial charge in [0.05, 0.1) is 6.61 Å². The zero-order valence-electron chi connectivity index (χ0n) is 7.71. The molecular weight excluding hydrogens is 196 g/mol. The van der Waals surface area contributed by atoms with E-state index in [-0.39, 0.29) is 12.5 Å². The maximum atomic E-state index is 12.3. The summed E-state index contributed by atoms with van der Waals surface area (Å²) >= 11 is 0. The second kappa shape index (κ2) is 4.17. The van der Waals surface area contributed by atoms with Crippen molar-refractivity contribution in [3.63, 3.8) is 0 Å². The molecule has 1 rings (SSSR count). The van der Waals surface area contributed by atoms with Gasteiger partial charge in [-0.05, 0) is 6.92 Å². The normalized spacial score (nSPS) is 10.6. The Hall–Kier alpha value is -1.46. The third-order valence-corrected chi connectivity index (χ3v) is 1.43. The van der Waals surface area contributed by atoms with E-state index in [1.807, 2.05) is 0 Å². The Morgan fingerprint density at radius 2 is 2.29 bits per heavy atom. The van der Waals surface area contributed by atoms with Gasteiger partial charge in [-0.1, -0.05) is 0 Å². The number of aromatic nitrogens is 1. The predicted molar refractivity (Wildman–Crippen MR) is 42.2 cm³/mol. The summed E-state index contributed by atoms with van der Waals surface area (Å²) < 4.78 is 33.9. The van der Waals surface area contributed by atoms with Gasteiger partial charge in [0.1, 0.15) is 0 Å². The number of esters is 1. The summed E-state index contributed by atoms with van der Waals surface area (Å²) in [5.41, 5.74) is -0.666. The molecule has 0 bridgehead atoms. The fourth-order valence-corrected chi connectivity index (χ4v) is 0.934. The summed E-state index contributed by atoms with van der Waals surface area (Å²) in [7, 11) is 0. The lowest BCUT2D eigenvalue weighted by atomic mass is 10.3. The standard InChI is InChI=1S/C8H9F2NO3/c1-3-13-8(12)6-5(7(9)10)11-4(2)14-6/h7H,3H2,1-2H3. The third kappa shape index (κ3) is 2.07. The van der Waals surface area contributed by atoms with Crippen LogP contribution >= 0.6 is 0 Å². The number of rotatable bonds is 3. The molecule has 6 heteroatoms. The number of oxazole rings is 1. The SMILES string of the molecule is CCOC(=O)c1oc(C)nc1C(F)F. The van der Waals surface area contributed by atoms with Crippen LogP contribution in [0.3, 0.4) is 0 Å². The molecule has 0 aromatic carbocycles. The van der Waals surface area contributed by atoms with Crippen LogP contribution in [0.5, 0.6) is 0 Å². The third-order valence-electron chi connectivity index (χ3n) is 1.43. The van der Waals surface area contributed by atoms with Crippen LogP contribution in [0.4, 0.5) is 8.78 Å². The van der Waals surface area contributed by atoms with Crippen molar-refractivity contribution >= 4 is 5.97 Å². The molecule has 0 aliphatic heterocycles. The molecular formula is C8H9F2NO3. The first-order valence-electron chi connectivity index (χ1n) is 3.98. The molecule has 0 N–H and O–H groups in total. The zero-order chi connectivity index (χ0) is 10.7. The fraction of sp³-hybridized carbons (Fsp3) is 0.500. The molecule has 0 spiro atoms. The average molecular weight is 205 g/mol. The molecule has 0 radical (unpaired) electrons. The number of halogens is 2. The molecule has 0 amide bonds. The predicted octanol–water partition coefficient (Wildman–Crippen LogP) is 2.10. The fourth-order valence-electron chi connectivity index (χ4n) is 0.934. The second-order valence-corrected chi connectivity index (χ2v) is 2.47. The summed E-state index contributed by atoms with van der Waals surface area (Å²) in [6.45, 7) is 3.05. The van der Waals surface area contributed by atoms with Gasteiger partial charge in [0.15, 0.2) is 11.6 Å². The van der Waals surface area contributed by atoms with E-state index in [2.05, 4.69) is 9.72 Å². The van der Waals surface area contributed by atoms with Crippen LogP contribution in [-0.4, -0.2) is 17.6 Å². The molecule has 1 heterocycles. The van der Waals surface area contributed by atoms with Crippen LogP contribution in [0, 0.1) is 6.92 Å². The van der Waals surface area contributed by atoms with Gasteiger partial charge in [0.2, 0.25) is 5.76 Å². The van der Waals surface area contributed by atoms with E-state index in [0.29, 0.717) is 0 Å². The molecule has 0 unspecified atom stereocenters. The molecule has 0 saturated heterocycles. The first-order chi connectivity index (χ1) is 6.56.